The standard InChI is InChI=1S/C14H19N5O/c1-10(2)5-18-14(20)8-19-9-16-7-12(19)11-3-4-13(15)17-6-11/h3-4,6-7,9-10H,5,8H2,1-2H3,(H2,15,17)(H,18,20). The van der Waals surface area contributed by atoms with Crippen molar-refractivity contribution in [3.05, 3.63) is 30.9 Å². The third-order valence-electron chi connectivity index (χ3n) is 2.82. The lowest BCUT2D eigenvalue weighted by Gasteiger charge is -2.10. The van der Waals surface area contributed by atoms with Crippen molar-refractivity contribution in [1.29, 1.82) is 0 Å². The van der Waals surface area contributed by atoms with Crippen molar-refractivity contribution in [2.45, 2.75) is 20.4 Å². The zero-order valence-electron chi connectivity index (χ0n) is 11.7. The Balaban J connectivity index is 2.09. The topological polar surface area (TPSA) is 85.8 Å². The molecule has 2 heterocycles. The fourth-order valence-electron chi connectivity index (χ4n) is 1.77. The Hall–Kier alpha value is -2.37. The van der Waals surface area contributed by atoms with Crippen molar-refractivity contribution in [2.24, 2.45) is 5.92 Å². The minimum absolute atomic E-state index is 0.0265. The van der Waals surface area contributed by atoms with Crippen LogP contribution in [0, 0.1) is 5.92 Å². The molecular formula is C14H19N5O. The number of nitrogen functional groups attached to an aromatic ring is 1. The van der Waals surface area contributed by atoms with Crippen molar-refractivity contribution in [2.75, 3.05) is 12.3 Å². The molecule has 2 aromatic heterocycles. The van der Waals surface area contributed by atoms with Crippen molar-refractivity contribution >= 4 is 11.7 Å². The van der Waals surface area contributed by atoms with E-state index in [1.807, 2.05) is 6.07 Å². The van der Waals surface area contributed by atoms with Crippen LogP contribution in [0.4, 0.5) is 5.82 Å². The summed E-state index contributed by atoms with van der Waals surface area (Å²) in [5.74, 6) is 0.873. The molecule has 20 heavy (non-hydrogen) atoms. The lowest BCUT2D eigenvalue weighted by molar-refractivity contribution is -0.121. The number of carbonyl (C=O) groups excluding carboxylic acids is 1. The second-order valence-electron chi connectivity index (χ2n) is 5.08. The molecule has 0 aliphatic carbocycles. The van der Waals surface area contributed by atoms with E-state index in [1.165, 1.54) is 0 Å². The minimum atomic E-state index is -0.0265. The minimum Gasteiger partial charge on any atom is -0.384 e. The molecule has 0 unspecified atom stereocenters. The Morgan fingerprint density at radius 1 is 1.40 bits per heavy atom. The van der Waals surface area contributed by atoms with Crippen LogP contribution in [0.15, 0.2) is 30.9 Å². The number of nitrogens with two attached hydrogens (primary N) is 1. The van der Waals surface area contributed by atoms with E-state index in [0.717, 1.165) is 11.3 Å². The summed E-state index contributed by atoms with van der Waals surface area (Å²) in [6.45, 7) is 5.03. The van der Waals surface area contributed by atoms with E-state index in [1.54, 1.807) is 29.4 Å². The summed E-state index contributed by atoms with van der Waals surface area (Å²) in [5, 5.41) is 2.89. The van der Waals surface area contributed by atoms with Gasteiger partial charge >= 0.3 is 0 Å². The molecule has 0 saturated heterocycles. The zero-order chi connectivity index (χ0) is 14.5. The molecule has 0 aliphatic heterocycles. The van der Waals surface area contributed by atoms with Crippen LogP contribution in [0.2, 0.25) is 0 Å². The van der Waals surface area contributed by atoms with Gasteiger partial charge in [-0.3, -0.25) is 4.79 Å². The van der Waals surface area contributed by atoms with Gasteiger partial charge in [0.1, 0.15) is 12.4 Å². The Morgan fingerprint density at radius 3 is 2.85 bits per heavy atom. The lowest BCUT2D eigenvalue weighted by Crippen LogP contribution is -2.30. The summed E-state index contributed by atoms with van der Waals surface area (Å²) >= 11 is 0. The number of pyridine rings is 1. The fraction of sp³-hybridized carbons (Fsp3) is 0.357. The van der Waals surface area contributed by atoms with E-state index in [-0.39, 0.29) is 12.5 Å². The number of nitrogens with one attached hydrogen (secondary N) is 1. The molecule has 1 amide bonds. The quantitative estimate of drug-likeness (QED) is 0.859. The monoisotopic (exact) mass is 273 g/mol. The first kappa shape index (κ1) is 14.0. The van der Waals surface area contributed by atoms with E-state index < -0.39 is 0 Å². The van der Waals surface area contributed by atoms with E-state index in [0.29, 0.717) is 18.3 Å². The maximum absolute atomic E-state index is 11.9. The van der Waals surface area contributed by atoms with E-state index >= 15 is 0 Å². The second kappa shape index (κ2) is 6.18. The average Bonchev–Trinajstić information content (AvgIpc) is 2.85. The molecule has 0 fully saturated rings. The average molecular weight is 273 g/mol. The molecule has 0 aromatic carbocycles. The van der Waals surface area contributed by atoms with Crippen LogP contribution in [-0.2, 0) is 11.3 Å². The fourth-order valence-corrected chi connectivity index (χ4v) is 1.77. The Morgan fingerprint density at radius 2 is 2.20 bits per heavy atom. The summed E-state index contributed by atoms with van der Waals surface area (Å²) in [5.41, 5.74) is 7.30. The highest BCUT2D eigenvalue weighted by atomic mass is 16.1. The Bertz CT molecular complexity index is 574. The molecule has 2 rings (SSSR count). The highest BCUT2D eigenvalue weighted by Crippen LogP contribution is 2.18. The van der Waals surface area contributed by atoms with Gasteiger partial charge in [-0.15, -0.1) is 0 Å². The number of nitrogens with zero attached hydrogens (tertiary/aromatic N) is 3. The number of hydrogen-bond donors (Lipinski definition) is 2. The highest BCUT2D eigenvalue weighted by molar-refractivity contribution is 5.76. The van der Waals surface area contributed by atoms with Gasteiger partial charge in [0.2, 0.25) is 5.91 Å². The lowest BCUT2D eigenvalue weighted by atomic mass is 10.2. The normalized spacial score (nSPS) is 10.8. The van der Waals surface area contributed by atoms with Crippen molar-refractivity contribution in [3.8, 4) is 11.3 Å². The van der Waals surface area contributed by atoms with E-state index in [9.17, 15) is 4.79 Å². The first-order valence-corrected chi connectivity index (χ1v) is 6.55. The second-order valence-corrected chi connectivity index (χ2v) is 5.08. The highest BCUT2D eigenvalue weighted by Gasteiger charge is 2.09. The summed E-state index contributed by atoms with van der Waals surface area (Å²) in [6.07, 6.45) is 5.03. The maximum atomic E-state index is 11.9. The largest absolute Gasteiger partial charge is 0.384 e. The summed E-state index contributed by atoms with van der Waals surface area (Å²) in [4.78, 5) is 20.0. The molecule has 0 saturated carbocycles. The predicted octanol–water partition coefficient (Wildman–Crippen LogP) is 1.30. The van der Waals surface area contributed by atoms with Crippen LogP contribution in [0.1, 0.15) is 13.8 Å². The molecule has 106 valence electrons. The molecule has 2 aromatic rings. The number of carbonyl (C=O) groups is 1. The first-order valence-electron chi connectivity index (χ1n) is 6.55. The van der Waals surface area contributed by atoms with E-state index in [4.69, 9.17) is 5.73 Å². The van der Waals surface area contributed by atoms with Crippen LogP contribution in [0.5, 0.6) is 0 Å². The molecule has 0 atom stereocenters. The third kappa shape index (κ3) is 3.57. The predicted molar refractivity (Wildman–Crippen MR) is 77.7 cm³/mol. The van der Waals surface area contributed by atoms with Gasteiger partial charge < -0.3 is 15.6 Å². The maximum Gasteiger partial charge on any atom is 0.240 e. The van der Waals surface area contributed by atoms with Gasteiger partial charge in [-0.05, 0) is 18.1 Å². The van der Waals surface area contributed by atoms with Crippen LogP contribution in [0.3, 0.4) is 0 Å². The smallest absolute Gasteiger partial charge is 0.240 e. The number of hydrogen-bond acceptors (Lipinski definition) is 4. The SMILES string of the molecule is CC(C)CNC(=O)Cn1cncc1-c1ccc(N)nc1. The number of imidazole rings is 1. The number of rotatable bonds is 5. The number of aromatic nitrogens is 3. The van der Waals surface area contributed by atoms with Gasteiger partial charge in [-0.2, -0.15) is 0 Å². The van der Waals surface area contributed by atoms with Gasteiger partial charge in [0, 0.05) is 18.3 Å². The van der Waals surface area contributed by atoms with Crippen LogP contribution in [0.25, 0.3) is 11.3 Å². The molecule has 0 aliphatic rings. The van der Waals surface area contributed by atoms with Gasteiger partial charge in [-0.1, -0.05) is 13.8 Å². The van der Waals surface area contributed by atoms with Gasteiger partial charge in [0.05, 0.1) is 18.2 Å². The summed E-state index contributed by atoms with van der Waals surface area (Å²) in [7, 11) is 0. The van der Waals surface area contributed by atoms with Gasteiger partial charge in [-0.25, -0.2) is 9.97 Å². The Labute approximate surface area is 118 Å². The van der Waals surface area contributed by atoms with E-state index in [2.05, 4.69) is 29.1 Å². The Kier molecular flexibility index (Phi) is 4.34. The summed E-state index contributed by atoms with van der Waals surface area (Å²) < 4.78 is 1.79. The molecule has 3 N–H and O–H groups in total. The van der Waals surface area contributed by atoms with Crippen molar-refractivity contribution in [3.63, 3.8) is 0 Å². The molecular weight excluding hydrogens is 254 g/mol. The molecule has 0 spiro atoms. The van der Waals surface area contributed by atoms with Crippen LogP contribution in [-0.4, -0.2) is 27.0 Å². The van der Waals surface area contributed by atoms with Crippen LogP contribution < -0.4 is 11.1 Å². The summed E-state index contributed by atoms with van der Waals surface area (Å²) in [6, 6.07) is 3.59. The zero-order valence-corrected chi connectivity index (χ0v) is 11.7. The molecule has 6 nitrogen and oxygen atoms in total. The van der Waals surface area contributed by atoms with Crippen LogP contribution >= 0.6 is 0 Å². The third-order valence-corrected chi connectivity index (χ3v) is 2.82. The van der Waals surface area contributed by atoms with Crippen molar-refractivity contribution in [1.82, 2.24) is 19.9 Å². The van der Waals surface area contributed by atoms with Crippen molar-refractivity contribution < 1.29 is 4.79 Å². The molecule has 0 bridgehead atoms. The molecule has 0 radical (unpaired) electrons. The first-order chi connectivity index (χ1) is 9.56. The number of amides is 1. The molecule has 6 heteroatoms. The van der Waals surface area contributed by atoms with Gasteiger partial charge in [0.15, 0.2) is 0 Å². The van der Waals surface area contributed by atoms with Gasteiger partial charge in [0.25, 0.3) is 0 Å². The number of anilines is 1.